The molecule has 0 aliphatic heterocycles. The van der Waals surface area contributed by atoms with E-state index in [0.717, 1.165) is 23.6 Å². The topological polar surface area (TPSA) is 41.3 Å². The van der Waals surface area contributed by atoms with E-state index in [9.17, 15) is 5.11 Å². The largest absolute Gasteiger partial charge is 0.392 e. The van der Waals surface area contributed by atoms with Gasteiger partial charge in [-0.3, -0.25) is 0 Å². The van der Waals surface area contributed by atoms with Gasteiger partial charge in [0.15, 0.2) is 0 Å². The summed E-state index contributed by atoms with van der Waals surface area (Å²) in [5.41, 5.74) is 1.97. The number of nitrogens with zero attached hydrogens (tertiary/aromatic N) is 3. The number of aliphatic hydroxyl groups excluding tert-OH is 1. The molecule has 1 aromatic heterocycles. The van der Waals surface area contributed by atoms with E-state index in [0.29, 0.717) is 0 Å². The van der Waals surface area contributed by atoms with Crippen molar-refractivity contribution in [1.29, 1.82) is 0 Å². The molecule has 90 valence electrons. The van der Waals surface area contributed by atoms with Crippen molar-refractivity contribution in [1.82, 2.24) is 9.55 Å². The first-order chi connectivity index (χ1) is 8.22. The lowest BCUT2D eigenvalue weighted by Crippen LogP contribution is -2.20. The molecule has 1 N–H and O–H groups in total. The number of rotatable bonds is 4. The molecule has 0 fully saturated rings. The van der Waals surface area contributed by atoms with Gasteiger partial charge >= 0.3 is 0 Å². The first-order valence-electron chi connectivity index (χ1n) is 5.58. The van der Waals surface area contributed by atoms with Crippen LogP contribution in [0.5, 0.6) is 0 Å². The molecule has 17 heavy (non-hydrogen) atoms. The van der Waals surface area contributed by atoms with Gasteiger partial charge in [0.05, 0.1) is 13.2 Å². The summed E-state index contributed by atoms with van der Waals surface area (Å²) in [6.07, 6.45) is 3.72. The molecule has 0 radical (unpaired) electrons. The molecule has 0 saturated carbocycles. The fourth-order valence-corrected chi connectivity index (χ4v) is 1.86. The molecule has 0 amide bonds. The molecule has 0 atom stereocenters. The number of para-hydroxylation sites is 1. The van der Waals surface area contributed by atoms with Crippen LogP contribution in [0.4, 0.5) is 5.69 Å². The third kappa shape index (κ3) is 2.47. The molecule has 2 aromatic rings. The third-order valence-electron chi connectivity index (χ3n) is 2.87. The standard InChI is InChI=1S/C13H17N3O/c1-15-8-7-14-13(15)9-16(2)12-6-4-3-5-11(12)10-17/h3-8,17H,9-10H2,1-2H3. The minimum absolute atomic E-state index is 0.0566. The Morgan fingerprint density at radius 2 is 2.12 bits per heavy atom. The highest BCUT2D eigenvalue weighted by molar-refractivity contribution is 5.52. The van der Waals surface area contributed by atoms with Crippen LogP contribution in [0.1, 0.15) is 11.4 Å². The van der Waals surface area contributed by atoms with Crippen molar-refractivity contribution in [3.63, 3.8) is 0 Å². The molecule has 0 aliphatic carbocycles. The molecule has 1 heterocycles. The number of aliphatic hydroxyl groups is 1. The van der Waals surface area contributed by atoms with E-state index in [1.165, 1.54) is 0 Å². The van der Waals surface area contributed by atoms with Gasteiger partial charge in [0, 0.05) is 37.7 Å². The number of hydrogen-bond donors (Lipinski definition) is 1. The van der Waals surface area contributed by atoms with E-state index in [2.05, 4.69) is 9.88 Å². The smallest absolute Gasteiger partial charge is 0.127 e. The predicted octanol–water partition coefficient (Wildman–Crippen LogP) is 1.55. The van der Waals surface area contributed by atoms with Crippen molar-refractivity contribution in [3.8, 4) is 0 Å². The number of benzene rings is 1. The Labute approximate surface area is 101 Å². The molecule has 0 unspecified atom stereocenters. The third-order valence-corrected chi connectivity index (χ3v) is 2.87. The van der Waals surface area contributed by atoms with Crippen molar-refractivity contribution in [3.05, 3.63) is 48.0 Å². The van der Waals surface area contributed by atoms with Crippen LogP contribution < -0.4 is 4.90 Å². The Morgan fingerprint density at radius 3 is 2.76 bits per heavy atom. The van der Waals surface area contributed by atoms with Crippen LogP contribution in [0, 0.1) is 0 Å². The average Bonchev–Trinajstić information content (AvgIpc) is 2.75. The molecular formula is C13H17N3O. The van der Waals surface area contributed by atoms with Crippen molar-refractivity contribution in [2.75, 3.05) is 11.9 Å². The monoisotopic (exact) mass is 231 g/mol. The van der Waals surface area contributed by atoms with Gasteiger partial charge in [0.25, 0.3) is 0 Å². The highest BCUT2D eigenvalue weighted by Gasteiger charge is 2.08. The summed E-state index contributed by atoms with van der Waals surface area (Å²) in [6.45, 7) is 0.779. The molecule has 4 heteroatoms. The first-order valence-corrected chi connectivity index (χ1v) is 5.58. The molecule has 1 aromatic carbocycles. The minimum atomic E-state index is 0.0566. The minimum Gasteiger partial charge on any atom is -0.392 e. The van der Waals surface area contributed by atoms with Gasteiger partial charge in [-0.1, -0.05) is 18.2 Å². The summed E-state index contributed by atoms with van der Waals surface area (Å²) in [4.78, 5) is 6.39. The predicted molar refractivity (Wildman–Crippen MR) is 67.7 cm³/mol. The molecule has 4 nitrogen and oxygen atoms in total. The van der Waals surface area contributed by atoms with Crippen LogP contribution >= 0.6 is 0 Å². The van der Waals surface area contributed by atoms with Crippen molar-refractivity contribution in [2.45, 2.75) is 13.2 Å². The fraction of sp³-hybridized carbons (Fsp3) is 0.308. The van der Waals surface area contributed by atoms with Crippen LogP contribution in [-0.4, -0.2) is 21.7 Å². The summed E-state index contributed by atoms with van der Waals surface area (Å²) in [5, 5.41) is 9.30. The fourth-order valence-electron chi connectivity index (χ4n) is 1.86. The van der Waals surface area contributed by atoms with E-state index < -0.39 is 0 Å². The van der Waals surface area contributed by atoms with Crippen LogP contribution in [-0.2, 0) is 20.2 Å². The number of anilines is 1. The highest BCUT2D eigenvalue weighted by atomic mass is 16.3. The second-order valence-corrected chi connectivity index (χ2v) is 4.10. The van der Waals surface area contributed by atoms with Gasteiger partial charge < -0.3 is 14.6 Å². The van der Waals surface area contributed by atoms with E-state index in [1.807, 2.05) is 49.1 Å². The zero-order chi connectivity index (χ0) is 12.3. The normalized spacial score (nSPS) is 10.5. The summed E-state index contributed by atoms with van der Waals surface area (Å²) < 4.78 is 2.00. The van der Waals surface area contributed by atoms with Crippen LogP contribution in [0.2, 0.25) is 0 Å². The molecule has 0 aliphatic rings. The van der Waals surface area contributed by atoms with E-state index in [-0.39, 0.29) is 6.61 Å². The van der Waals surface area contributed by atoms with Gasteiger partial charge in [-0.05, 0) is 6.07 Å². The van der Waals surface area contributed by atoms with Crippen molar-refractivity contribution < 1.29 is 5.11 Å². The van der Waals surface area contributed by atoms with Crippen LogP contribution in [0.15, 0.2) is 36.7 Å². The number of imidazole rings is 1. The maximum absolute atomic E-state index is 9.30. The SMILES string of the molecule is CN(Cc1nccn1C)c1ccccc1CO. The van der Waals surface area contributed by atoms with Gasteiger partial charge in [-0.2, -0.15) is 0 Å². The zero-order valence-corrected chi connectivity index (χ0v) is 10.2. The summed E-state index contributed by atoms with van der Waals surface area (Å²) >= 11 is 0. The average molecular weight is 231 g/mol. The summed E-state index contributed by atoms with van der Waals surface area (Å²) in [7, 11) is 3.98. The number of hydrogen-bond acceptors (Lipinski definition) is 3. The number of aryl methyl sites for hydroxylation is 1. The van der Waals surface area contributed by atoms with E-state index in [4.69, 9.17) is 0 Å². The molecule has 0 spiro atoms. The number of aromatic nitrogens is 2. The maximum atomic E-state index is 9.30. The Morgan fingerprint density at radius 1 is 1.35 bits per heavy atom. The highest BCUT2D eigenvalue weighted by Crippen LogP contribution is 2.20. The van der Waals surface area contributed by atoms with Crippen LogP contribution in [0.3, 0.4) is 0 Å². The Bertz CT molecular complexity index is 493. The van der Waals surface area contributed by atoms with Gasteiger partial charge in [-0.15, -0.1) is 0 Å². The quantitative estimate of drug-likeness (QED) is 0.868. The Kier molecular flexibility index (Phi) is 3.44. The molecule has 0 saturated heterocycles. The summed E-state index contributed by atoms with van der Waals surface area (Å²) in [6, 6.07) is 7.85. The zero-order valence-electron chi connectivity index (χ0n) is 10.2. The maximum Gasteiger partial charge on any atom is 0.127 e. The van der Waals surface area contributed by atoms with Gasteiger partial charge in [0.2, 0.25) is 0 Å². The molecule has 0 bridgehead atoms. The van der Waals surface area contributed by atoms with Crippen molar-refractivity contribution >= 4 is 5.69 Å². The lowest BCUT2D eigenvalue weighted by Gasteiger charge is -2.21. The van der Waals surface area contributed by atoms with E-state index >= 15 is 0 Å². The van der Waals surface area contributed by atoms with Crippen molar-refractivity contribution in [2.24, 2.45) is 7.05 Å². The van der Waals surface area contributed by atoms with Crippen LogP contribution in [0.25, 0.3) is 0 Å². The second-order valence-electron chi connectivity index (χ2n) is 4.10. The van der Waals surface area contributed by atoms with Gasteiger partial charge in [0.1, 0.15) is 5.82 Å². The summed E-state index contributed by atoms with van der Waals surface area (Å²) in [5.74, 6) is 1.00. The first kappa shape index (κ1) is 11.7. The Balaban J connectivity index is 2.20. The lowest BCUT2D eigenvalue weighted by molar-refractivity contribution is 0.282. The lowest BCUT2D eigenvalue weighted by atomic mass is 10.1. The second kappa shape index (κ2) is 5.01. The molecule has 2 rings (SSSR count). The Hall–Kier alpha value is -1.81. The van der Waals surface area contributed by atoms with Gasteiger partial charge in [-0.25, -0.2) is 4.98 Å². The molecular weight excluding hydrogens is 214 g/mol. The van der Waals surface area contributed by atoms with E-state index in [1.54, 1.807) is 6.20 Å².